The molecule has 2 aromatic carbocycles. The van der Waals surface area contributed by atoms with Crippen molar-refractivity contribution in [2.24, 2.45) is 0 Å². The second kappa shape index (κ2) is 9.01. The molecule has 4 nitrogen and oxygen atoms in total. The molecule has 150 valence electrons. The van der Waals surface area contributed by atoms with Crippen LogP contribution in [0.1, 0.15) is 39.2 Å². The third-order valence-corrected chi connectivity index (χ3v) is 6.15. The van der Waals surface area contributed by atoms with Gasteiger partial charge in [0.25, 0.3) is 0 Å². The second-order valence-corrected chi connectivity index (χ2v) is 9.32. The number of ether oxygens (including phenoxy) is 1. The van der Waals surface area contributed by atoms with Gasteiger partial charge in [-0.3, -0.25) is 9.69 Å². The van der Waals surface area contributed by atoms with Crippen molar-refractivity contribution >= 4 is 17.7 Å². The van der Waals surface area contributed by atoms with Crippen molar-refractivity contribution in [1.82, 2.24) is 4.90 Å². The minimum Gasteiger partial charge on any atom is -0.491 e. The molecule has 0 spiro atoms. The molecule has 0 radical (unpaired) electrons. The highest BCUT2D eigenvalue weighted by atomic mass is 32.2. The molecule has 0 aliphatic carbocycles. The molecular formula is C23H29NO3S. The van der Waals surface area contributed by atoms with E-state index in [1.54, 1.807) is 11.8 Å². The van der Waals surface area contributed by atoms with Crippen molar-refractivity contribution in [2.45, 2.75) is 54.9 Å². The van der Waals surface area contributed by atoms with Crippen molar-refractivity contribution < 1.29 is 14.6 Å². The van der Waals surface area contributed by atoms with Crippen LogP contribution in [0.4, 0.5) is 0 Å². The maximum atomic E-state index is 11.3. The van der Waals surface area contributed by atoms with Crippen molar-refractivity contribution in [3.8, 4) is 5.75 Å². The summed E-state index contributed by atoms with van der Waals surface area (Å²) >= 11 is 1.69. The minimum absolute atomic E-state index is 0.146. The fourth-order valence-corrected chi connectivity index (χ4v) is 4.35. The zero-order chi connectivity index (χ0) is 20.1. The first-order chi connectivity index (χ1) is 13.3. The fraction of sp³-hybridized carbons (Fsp3) is 0.435. The van der Waals surface area contributed by atoms with Gasteiger partial charge < -0.3 is 9.84 Å². The monoisotopic (exact) mass is 399 g/mol. The SMILES string of the molecule is CC(C)(C)c1ccc(Sc2ccccc2OCCN2CCCC2C(=O)O)cc1. The molecule has 3 rings (SSSR count). The van der Waals surface area contributed by atoms with Gasteiger partial charge in [-0.25, -0.2) is 0 Å². The molecule has 1 fully saturated rings. The van der Waals surface area contributed by atoms with E-state index in [2.05, 4.69) is 51.1 Å². The van der Waals surface area contributed by atoms with Crippen LogP contribution in [-0.4, -0.2) is 41.7 Å². The van der Waals surface area contributed by atoms with Gasteiger partial charge in [0.2, 0.25) is 0 Å². The van der Waals surface area contributed by atoms with E-state index < -0.39 is 5.97 Å². The summed E-state index contributed by atoms with van der Waals surface area (Å²) in [4.78, 5) is 15.6. The predicted octanol–water partition coefficient (Wildman–Crippen LogP) is 5.06. The first-order valence-electron chi connectivity index (χ1n) is 9.82. The minimum atomic E-state index is -0.729. The second-order valence-electron chi connectivity index (χ2n) is 8.20. The molecular weight excluding hydrogens is 370 g/mol. The van der Waals surface area contributed by atoms with E-state index in [0.29, 0.717) is 13.2 Å². The average Bonchev–Trinajstić information content (AvgIpc) is 3.12. The number of carboxylic acids is 1. The van der Waals surface area contributed by atoms with E-state index >= 15 is 0 Å². The number of likely N-dealkylation sites (tertiary alicyclic amines) is 1. The molecule has 1 N–H and O–H groups in total. The van der Waals surface area contributed by atoms with Crippen LogP contribution < -0.4 is 4.74 Å². The lowest BCUT2D eigenvalue weighted by molar-refractivity contribution is -0.142. The lowest BCUT2D eigenvalue weighted by Crippen LogP contribution is -2.38. The highest BCUT2D eigenvalue weighted by Gasteiger charge is 2.30. The van der Waals surface area contributed by atoms with Crippen LogP contribution in [-0.2, 0) is 10.2 Å². The van der Waals surface area contributed by atoms with E-state index in [9.17, 15) is 9.90 Å². The molecule has 1 aliphatic rings. The van der Waals surface area contributed by atoms with E-state index in [1.807, 2.05) is 23.1 Å². The molecule has 1 heterocycles. The number of para-hydroxylation sites is 1. The number of aliphatic carboxylic acids is 1. The third kappa shape index (κ3) is 5.30. The van der Waals surface area contributed by atoms with Crippen molar-refractivity contribution in [3.63, 3.8) is 0 Å². The van der Waals surface area contributed by atoms with Gasteiger partial charge >= 0.3 is 5.97 Å². The number of carboxylic acid groups (broad SMARTS) is 1. The Balaban J connectivity index is 1.61. The summed E-state index contributed by atoms with van der Waals surface area (Å²) < 4.78 is 6.02. The van der Waals surface area contributed by atoms with Gasteiger partial charge in [0.1, 0.15) is 18.4 Å². The molecule has 0 amide bonds. The molecule has 28 heavy (non-hydrogen) atoms. The lowest BCUT2D eigenvalue weighted by Gasteiger charge is -2.21. The van der Waals surface area contributed by atoms with Gasteiger partial charge in [0.15, 0.2) is 0 Å². The van der Waals surface area contributed by atoms with E-state index in [-0.39, 0.29) is 11.5 Å². The Morgan fingerprint density at radius 3 is 2.57 bits per heavy atom. The van der Waals surface area contributed by atoms with Gasteiger partial charge in [0, 0.05) is 11.4 Å². The lowest BCUT2D eigenvalue weighted by atomic mass is 9.87. The Morgan fingerprint density at radius 2 is 1.89 bits per heavy atom. The zero-order valence-corrected chi connectivity index (χ0v) is 17.7. The van der Waals surface area contributed by atoms with Crippen LogP contribution in [0.3, 0.4) is 0 Å². The summed E-state index contributed by atoms with van der Waals surface area (Å²) in [5.41, 5.74) is 1.47. The number of hydrogen-bond acceptors (Lipinski definition) is 4. The number of benzene rings is 2. The van der Waals surface area contributed by atoms with E-state index in [0.717, 1.165) is 30.0 Å². The van der Waals surface area contributed by atoms with Crippen LogP contribution in [0.5, 0.6) is 5.75 Å². The Kier molecular flexibility index (Phi) is 6.68. The molecule has 0 bridgehead atoms. The molecule has 5 heteroatoms. The number of nitrogens with zero attached hydrogens (tertiary/aromatic N) is 1. The molecule has 1 saturated heterocycles. The topological polar surface area (TPSA) is 49.8 Å². The summed E-state index contributed by atoms with van der Waals surface area (Å²) in [5, 5.41) is 9.29. The Bertz CT molecular complexity index is 798. The van der Waals surface area contributed by atoms with Crippen molar-refractivity contribution in [2.75, 3.05) is 19.7 Å². The third-order valence-electron chi connectivity index (χ3n) is 5.08. The van der Waals surface area contributed by atoms with Crippen LogP contribution >= 0.6 is 11.8 Å². The summed E-state index contributed by atoms with van der Waals surface area (Å²) in [7, 11) is 0. The van der Waals surface area contributed by atoms with Crippen LogP contribution in [0.25, 0.3) is 0 Å². The first-order valence-corrected chi connectivity index (χ1v) is 10.6. The Labute approximate surface area is 171 Å². The molecule has 2 aromatic rings. The van der Waals surface area contributed by atoms with Gasteiger partial charge in [-0.15, -0.1) is 0 Å². The first kappa shape index (κ1) is 20.7. The largest absolute Gasteiger partial charge is 0.491 e. The smallest absolute Gasteiger partial charge is 0.320 e. The fourth-order valence-electron chi connectivity index (χ4n) is 3.45. The standard InChI is InChI=1S/C23H29NO3S/c1-23(2,3)17-10-12-18(13-11-17)28-21-9-5-4-8-20(21)27-16-15-24-14-6-7-19(24)22(25)26/h4-5,8-13,19H,6-7,14-16H2,1-3H3,(H,25,26). The van der Waals surface area contributed by atoms with Crippen LogP contribution in [0.2, 0.25) is 0 Å². The predicted molar refractivity (Wildman–Crippen MR) is 113 cm³/mol. The Morgan fingerprint density at radius 1 is 1.18 bits per heavy atom. The molecule has 1 unspecified atom stereocenters. The maximum Gasteiger partial charge on any atom is 0.320 e. The molecule has 1 atom stereocenters. The van der Waals surface area contributed by atoms with E-state index in [1.165, 1.54) is 10.5 Å². The molecule has 1 aliphatic heterocycles. The van der Waals surface area contributed by atoms with Crippen LogP contribution in [0, 0.1) is 0 Å². The van der Waals surface area contributed by atoms with Gasteiger partial charge in [-0.05, 0) is 54.6 Å². The van der Waals surface area contributed by atoms with Crippen LogP contribution in [0.15, 0.2) is 58.3 Å². The summed E-state index contributed by atoms with van der Waals surface area (Å²) in [5.74, 6) is 0.116. The van der Waals surface area contributed by atoms with E-state index in [4.69, 9.17) is 4.74 Å². The van der Waals surface area contributed by atoms with Crippen molar-refractivity contribution in [3.05, 3.63) is 54.1 Å². The highest BCUT2D eigenvalue weighted by Crippen LogP contribution is 2.35. The summed E-state index contributed by atoms with van der Waals surface area (Å²) in [6, 6.07) is 16.3. The molecule has 0 aromatic heterocycles. The number of carbonyl (C=O) groups is 1. The normalized spacial score (nSPS) is 17.6. The zero-order valence-electron chi connectivity index (χ0n) is 16.9. The van der Waals surface area contributed by atoms with Gasteiger partial charge in [-0.1, -0.05) is 56.8 Å². The average molecular weight is 400 g/mol. The molecule has 0 saturated carbocycles. The van der Waals surface area contributed by atoms with Gasteiger partial charge in [-0.2, -0.15) is 0 Å². The summed E-state index contributed by atoms with van der Waals surface area (Å²) in [6.07, 6.45) is 1.67. The van der Waals surface area contributed by atoms with Gasteiger partial charge in [0.05, 0.1) is 4.90 Å². The maximum absolute atomic E-state index is 11.3. The number of rotatable bonds is 7. The highest BCUT2D eigenvalue weighted by molar-refractivity contribution is 7.99. The number of hydrogen-bond donors (Lipinski definition) is 1. The van der Waals surface area contributed by atoms with Crippen molar-refractivity contribution in [1.29, 1.82) is 0 Å². The summed E-state index contributed by atoms with van der Waals surface area (Å²) in [6.45, 7) is 8.60. The Hall–Kier alpha value is -1.98. The quantitative estimate of drug-likeness (QED) is 0.705.